The van der Waals surface area contributed by atoms with Gasteiger partial charge in [-0.3, -0.25) is 4.79 Å². The van der Waals surface area contributed by atoms with E-state index in [0.717, 1.165) is 12.8 Å². The topological polar surface area (TPSA) is 75.3 Å². The lowest BCUT2D eigenvalue weighted by Gasteiger charge is -2.17. The average molecular weight is 334 g/mol. The predicted molar refractivity (Wildman–Crippen MR) is 89.4 cm³/mol. The lowest BCUT2D eigenvalue weighted by molar-refractivity contribution is -0.120. The van der Waals surface area contributed by atoms with Crippen LogP contribution < -0.4 is 10.0 Å². The van der Waals surface area contributed by atoms with Gasteiger partial charge in [0.05, 0.1) is 4.90 Å². The molecule has 1 aromatic carbocycles. The van der Waals surface area contributed by atoms with E-state index in [-0.39, 0.29) is 22.8 Å². The molecular formula is C17H22N2O3S. The molecule has 23 heavy (non-hydrogen) atoms. The fourth-order valence-corrected chi connectivity index (χ4v) is 4.66. The summed E-state index contributed by atoms with van der Waals surface area (Å²) in [6.45, 7) is 3.55. The van der Waals surface area contributed by atoms with Crippen LogP contribution in [0, 0.1) is 17.8 Å². The van der Waals surface area contributed by atoms with Gasteiger partial charge in [-0.2, -0.15) is 0 Å². The van der Waals surface area contributed by atoms with Crippen molar-refractivity contribution in [2.75, 3.05) is 5.32 Å². The van der Waals surface area contributed by atoms with Crippen LogP contribution in [-0.4, -0.2) is 20.4 Å². The highest BCUT2D eigenvalue weighted by atomic mass is 32.2. The third-order valence-corrected chi connectivity index (χ3v) is 6.11. The molecule has 1 saturated carbocycles. The zero-order valence-corrected chi connectivity index (χ0v) is 14.1. The number of nitrogens with one attached hydrogen (secondary N) is 2. The van der Waals surface area contributed by atoms with Crippen LogP contribution in [0.4, 0.5) is 5.69 Å². The van der Waals surface area contributed by atoms with Crippen molar-refractivity contribution in [1.82, 2.24) is 4.72 Å². The maximum Gasteiger partial charge on any atom is 0.240 e. The first-order chi connectivity index (χ1) is 10.8. The first-order valence-electron chi connectivity index (χ1n) is 7.97. The Labute approximate surface area is 137 Å². The zero-order chi connectivity index (χ0) is 16.6. The zero-order valence-electron chi connectivity index (χ0n) is 13.3. The number of carbonyl (C=O) groups is 1. The van der Waals surface area contributed by atoms with Gasteiger partial charge < -0.3 is 5.32 Å². The minimum absolute atomic E-state index is 0.0257. The van der Waals surface area contributed by atoms with Crippen molar-refractivity contribution in [2.45, 2.75) is 37.6 Å². The molecule has 2 N–H and O–H groups in total. The Morgan fingerprint density at radius 3 is 2.35 bits per heavy atom. The molecule has 3 atom stereocenters. The second kappa shape index (κ2) is 6.09. The van der Waals surface area contributed by atoms with Crippen LogP contribution in [0.2, 0.25) is 0 Å². The molecule has 124 valence electrons. The van der Waals surface area contributed by atoms with Crippen molar-refractivity contribution in [1.29, 1.82) is 0 Å². The number of benzene rings is 1. The molecule has 3 rings (SSSR count). The van der Waals surface area contributed by atoms with Crippen LogP contribution in [0.1, 0.15) is 26.7 Å². The van der Waals surface area contributed by atoms with Crippen molar-refractivity contribution in [3.63, 3.8) is 0 Å². The molecule has 2 bridgehead atoms. The third-order valence-electron chi connectivity index (χ3n) is 4.44. The molecule has 2 aliphatic carbocycles. The van der Waals surface area contributed by atoms with Gasteiger partial charge in [-0.1, -0.05) is 12.2 Å². The minimum atomic E-state index is -3.50. The molecule has 1 fully saturated rings. The van der Waals surface area contributed by atoms with Crippen LogP contribution in [-0.2, 0) is 14.8 Å². The Morgan fingerprint density at radius 1 is 1.13 bits per heavy atom. The number of sulfonamides is 1. The molecule has 1 aromatic rings. The van der Waals surface area contributed by atoms with Crippen molar-refractivity contribution in [3.8, 4) is 0 Å². The Balaban J connectivity index is 1.66. The van der Waals surface area contributed by atoms with Crippen LogP contribution >= 0.6 is 0 Å². The van der Waals surface area contributed by atoms with E-state index >= 15 is 0 Å². The first-order valence-corrected chi connectivity index (χ1v) is 9.45. The van der Waals surface area contributed by atoms with Gasteiger partial charge in [-0.15, -0.1) is 0 Å². The lowest BCUT2D eigenvalue weighted by Crippen LogP contribution is -2.30. The average Bonchev–Trinajstić information content (AvgIpc) is 3.09. The van der Waals surface area contributed by atoms with Gasteiger partial charge in [-0.05, 0) is 62.8 Å². The molecule has 0 aliphatic heterocycles. The van der Waals surface area contributed by atoms with Gasteiger partial charge in [0, 0.05) is 17.6 Å². The SMILES string of the molecule is CC(C)NS(=O)(=O)c1ccc(NC(=O)[C@H]2C[C@H]3C=C[C@@H]2C3)cc1. The van der Waals surface area contributed by atoms with Crippen molar-refractivity contribution in [3.05, 3.63) is 36.4 Å². The summed E-state index contributed by atoms with van der Waals surface area (Å²) in [5.41, 5.74) is 0.630. The summed E-state index contributed by atoms with van der Waals surface area (Å²) in [6.07, 6.45) is 6.34. The smallest absolute Gasteiger partial charge is 0.240 e. The summed E-state index contributed by atoms with van der Waals surface area (Å²) in [4.78, 5) is 12.6. The summed E-state index contributed by atoms with van der Waals surface area (Å²) in [5.74, 6) is 0.967. The van der Waals surface area contributed by atoms with Crippen LogP contribution in [0.25, 0.3) is 0 Å². The number of hydrogen-bond acceptors (Lipinski definition) is 3. The largest absolute Gasteiger partial charge is 0.326 e. The van der Waals surface area contributed by atoms with Crippen molar-refractivity contribution < 1.29 is 13.2 Å². The van der Waals surface area contributed by atoms with E-state index in [4.69, 9.17) is 0 Å². The third kappa shape index (κ3) is 3.48. The van der Waals surface area contributed by atoms with Crippen LogP contribution in [0.15, 0.2) is 41.3 Å². The van der Waals surface area contributed by atoms with E-state index in [2.05, 4.69) is 22.2 Å². The molecule has 5 nitrogen and oxygen atoms in total. The summed E-state index contributed by atoms with van der Waals surface area (Å²) in [6, 6.07) is 6.14. The lowest BCUT2D eigenvalue weighted by atomic mass is 9.93. The van der Waals surface area contributed by atoms with Gasteiger partial charge in [0.25, 0.3) is 0 Å². The highest BCUT2D eigenvalue weighted by Crippen LogP contribution is 2.43. The maximum atomic E-state index is 12.4. The van der Waals surface area contributed by atoms with E-state index in [1.165, 1.54) is 12.1 Å². The van der Waals surface area contributed by atoms with E-state index in [1.54, 1.807) is 26.0 Å². The summed E-state index contributed by atoms with van der Waals surface area (Å²) >= 11 is 0. The Bertz CT molecular complexity index is 723. The Kier molecular flexibility index (Phi) is 4.29. The van der Waals surface area contributed by atoms with Crippen molar-refractivity contribution >= 4 is 21.6 Å². The first kappa shape index (κ1) is 16.2. The van der Waals surface area contributed by atoms with E-state index in [0.29, 0.717) is 17.5 Å². The molecule has 0 radical (unpaired) electrons. The number of allylic oxidation sites excluding steroid dienone is 2. The minimum Gasteiger partial charge on any atom is -0.326 e. The summed E-state index contributed by atoms with van der Waals surface area (Å²) in [7, 11) is -3.50. The molecule has 2 aliphatic rings. The molecule has 0 saturated heterocycles. The van der Waals surface area contributed by atoms with E-state index in [1.807, 2.05) is 0 Å². The number of carbonyl (C=O) groups excluding carboxylic acids is 1. The molecule has 1 amide bonds. The quantitative estimate of drug-likeness (QED) is 0.813. The van der Waals surface area contributed by atoms with Crippen molar-refractivity contribution in [2.24, 2.45) is 17.8 Å². The summed E-state index contributed by atoms with van der Waals surface area (Å²) < 4.78 is 26.7. The normalized spacial score (nSPS) is 26.0. The number of fused-ring (bicyclic) bond motifs is 2. The monoisotopic (exact) mass is 334 g/mol. The van der Waals surface area contributed by atoms with E-state index in [9.17, 15) is 13.2 Å². The number of amides is 1. The molecule has 0 unspecified atom stereocenters. The number of hydrogen-bond donors (Lipinski definition) is 2. The van der Waals surface area contributed by atoms with E-state index < -0.39 is 10.0 Å². The van der Waals surface area contributed by atoms with Crippen LogP contribution in [0.3, 0.4) is 0 Å². The van der Waals surface area contributed by atoms with Gasteiger partial charge in [0.1, 0.15) is 0 Å². The molecule has 0 heterocycles. The molecule has 0 aromatic heterocycles. The molecule has 6 heteroatoms. The number of anilines is 1. The number of rotatable bonds is 5. The second-order valence-corrected chi connectivity index (χ2v) is 8.39. The fourth-order valence-electron chi connectivity index (χ4n) is 3.41. The molecule has 0 spiro atoms. The van der Waals surface area contributed by atoms with Gasteiger partial charge in [-0.25, -0.2) is 13.1 Å². The highest BCUT2D eigenvalue weighted by Gasteiger charge is 2.39. The fraction of sp³-hybridized carbons (Fsp3) is 0.471. The maximum absolute atomic E-state index is 12.4. The van der Waals surface area contributed by atoms with Gasteiger partial charge in [0.15, 0.2) is 0 Å². The van der Waals surface area contributed by atoms with Crippen LogP contribution in [0.5, 0.6) is 0 Å². The molecular weight excluding hydrogens is 312 g/mol. The predicted octanol–water partition coefficient (Wildman–Crippen LogP) is 2.52. The Morgan fingerprint density at radius 2 is 1.83 bits per heavy atom. The highest BCUT2D eigenvalue weighted by molar-refractivity contribution is 7.89. The summed E-state index contributed by atoms with van der Waals surface area (Å²) in [5, 5.41) is 2.90. The Hall–Kier alpha value is -1.66. The van der Waals surface area contributed by atoms with Gasteiger partial charge >= 0.3 is 0 Å². The standard InChI is InChI=1S/C17H22N2O3S/c1-11(2)19-23(21,22)15-7-5-14(6-8-15)18-17(20)16-10-12-3-4-13(16)9-12/h3-8,11-13,16,19H,9-10H2,1-2H3,(H,18,20)/t12-,13+,16-/m0/s1. The van der Waals surface area contributed by atoms with Gasteiger partial charge in [0.2, 0.25) is 15.9 Å². The second-order valence-electron chi connectivity index (χ2n) is 6.68.